The number of nitrogens with zero attached hydrogens (tertiary/aromatic N) is 1. The Morgan fingerprint density at radius 2 is 2.14 bits per heavy atom. The highest BCUT2D eigenvalue weighted by atomic mass is 16.3. The van der Waals surface area contributed by atoms with Crippen LogP contribution in [-0.4, -0.2) is 4.98 Å². The second kappa shape index (κ2) is 3.66. The highest BCUT2D eigenvalue weighted by Crippen LogP contribution is 2.10. The number of benzene rings is 1. The first-order valence-electron chi connectivity index (χ1n) is 4.71. The van der Waals surface area contributed by atoms with Crippen molar-refractivity contribution in [2.24, 2.45) is 0 Å². The molecule has 0 atom stereocenters. The van der Waals surface area contributed by atoms with Gasteiger partial charge in [-0.2, -0.15) is 0 Å². The van der Waals surface area contributed by atoms with Crippen LogP contribution in [0.3, 0.4) is 0 Å². The molecule has 0 saturated heterocycles. The molecule has 0 radical (unpaired) electrons. The molecule has 72 valence electrons. The van der Waals surface area contributed by atoms with Crippen molar-refractivity contribution in [3.8, 4) is 0 Å². The van der Waals surface area contributed by atoms with Crippen LogP contribution >= 0.6 is 0 Å². The Labute approximate surface area is 83.6 Å². The van der Waals surface area contributed by atoms with Crippen molar-refractivity contribution >= 4 is 0 Å². The maximum Gasteiger partial charge on any atom is 0.198 e. The molecule has 0 bridgehead atoms. The van der Waals surface area contributed by atoms with Gasteiger partial charge in [0.2, 0.25) is 0 Å². The van der Waals surface area contributed by atoms with Gasteiger partial charge in [-0.15, -0.1) is 0 Å². The van der Waals surface area contributed by atoms with Gasteiger partial charge < -0.3 is 4.42 Å². The van der Waals surface area contributed by atoms with Crippen molar-refractivity contribution in [2.45, 2.75) is 20.3 Å². The summed E-state index contributed by atoms with van der Waals surface area (Å²) < 4.78 is 5.42. The summed E-state index contributed by atoms with van der Waals surface area (Å²) >= 11 is 0. The van der Waals surface area contributed by atoms with E-state index in [1.165, 1.54) is 11.1 Å². The third-order valence-corrected chi connectivity index (χ3v) is 2.11. The van der Waals surface area contributed by atoms with Crippen LogP contribution in [0.2, 0.25) is 0 Å². The number of oxazole rings is 1. The molecule has 0 N–H and O–H groups in total. The average Bonchev–Trinajstić information content (AvgIpc) is 2.51. The van der Waals surface area contributed by atoms with Crippen molar-refractivity contribution in [1.29, 1.82) is 0 Å². The van der Waals surface area contributed by atoms with Crippen LogP contribution in [0.4, 0.5) is 0 Å². The minimum Gasteiger partial charge on any atom is -0.446 e. The summed E-state index contributed by atoms with van der Waals surface area (Å²) in [5, 5.41) is 0. The summed E-state index contributed by atoms with van der Waals surface area (Å²) in [7, 11) is 0. The van der Waals surface area contributed by atoms with Gasteiger partial charge in [-0.25, -0.2) is 4.98 Å². The zero-order chi connectivity index (χ0) is 9.97. The van der Waals surface area contributed by atoms with E-state index in [0.29, 0.717) is 0 Å². The molecule has 2 heteroatoms. The van der Waals surface area contributed by atoms with E-state index in [1.54, 1.807) is 6.20 Å². The van der Waals surface area contributed by atoms with Gasteiger partial charge >= 0.3 is 0 Å². The second-order valence-corrected chi connectivity index (χ2v) is 3.53. The fourth-order valence-corrected chi connectivity index (χ4v) is 1.48. The Morgan fingerprint density at radius 3 is 2.79 bits per heavy atom. The monoisotopic (exact) mass is 187 g/mol. The van der Waals surface area contributed by atoms with E-state index in [-0.39, 0.29) is 0 Å². The van der Waals surface area contributed by atoms with Gasteiger partial charge in [0, 0.05) is 6.42 Å². The summed E-state index contributed by atoms with van der Waals surface area (Å²) in [6.45, 7) is 4.00. The lowest BCUT2D eigenvalue weighted by atomic mass is 10.1. The molecule has 0 aliphatic heterocycles. The summed E-state index contributed by atoms with van der Waals surface area (Å²) in [6, 6.07) is 8.39. The second-order valence-electron chi connectivity index (χ2n) is 3.53. The molecule has 0 aliphatic carbocycles. The zero-order valence-corrected chi connectivity index (χ0v) is 8.45. The lowest BCUT2D eigenvalue weighted by Gasteiger charge is -1.98. The minimum atomic E-state index is 0.773. The molecule has 0 fully saturated rings. The third-order valence-electron chi connectivity index (χ3n) is 2.11. The molecule has 1 aromatic heterocycles. The predicted molar refractivity (Wildman–Crippen MR) is 55.2 cm³/mol. The van der Waals surface area contributed by atoms with E-state index in [1.807, 2.05) is 6.92 Å². The van der Waals surface area contributed by atoms with Crippen molar-refractivity contribution in [3.63, 3.8) is 0 Å². The number of aryl methyl sites for hydroxylation is 2. The standard InChI is InChI=1S/C12H13NO/c1-9-4-3-5-11(6-9)7-12-13-8-10(2)14-12/h3-6,8H,7H2,1-2H3. The smallest absolute Gasteiger partial charge is 0.198 e. The predicted octanol–water partition coefficient (Wildman–Crippen LogP) is 2.88. The highest BCUT2D eigenvalue weighted by Gasteiger charge is 2.01. The Bertz CT molecular complexity index is 431. The van der Waals surface area contributed by atoms with Gasteiger partial charge in [-0.1, -0.05) is 29.8 Å². The summed E-state index contributed by atoms with van der Waals surface area (Å²) in [5.41, 5.74) is 2.51. The molecule has 1 heterocycles. The number of hydrogen-bond acceptors (Lipinski definition) is 2. The lowest BCUT2D eigenvalue weighted by Crippen LogP contribution is -1.88. The van der Waals surface area contributed by atoms with Crippen LogP contribution in [0.25, 0.3) is 0 Å². The first-order valence-corrected chi connectivity index (χ1v) is 4.71. The molecule has 2 nitrogen and oxygen atoms in total. The lowest BCUT2D eigenvalue weighted by molar-refractivity contribution is 0.481. The minimum absolute atomic E-state index is 0.773. The number of aromatic nitrogens is 1. The Morgan fingerprint density at radius 1 is 1.29 bits per heavy atom. The molecule has 2 rings (SSSR count). The summed E-state index contributed by atoms with van der Waals surface area (Å²) in [5.74, 6) is 1.65. The number of rotatable bonds is 2. The van der Waals surface area contributed by atoms with Crippen molar-refractivity contribution in [1.82, 2.24) is 4.98 Å². The molecule has 14 heavy (non-hydrogen) atoms. The van der Waals surface area contributed by atoms with Crippen LogP contribution in [-0.2, 0) is 6.42 Å². The molecule has 1 aromatic carbocycles. The normalized spacial score (nSPS) is 10.4. The van der Waals surface area contributed by atoms with E-state index in [9.17, 15) is 0 Å². The topological polar surface area (TPSA) is 26.0 Å². The first-order chi connectivity index (χ1) is 6.74. The van der Waals surface area contributed by atoms with E-state index >= 15 is 0 Å². The Hall–Kier alpha value is -1.57. The first kappa shape index (κ1) is 9.00. The van der Waals surface area contributed by atoms with Crippen LogP contribution in [0.15, 0.2) is 34.9 Å². The Balaban J connectivity index is 2.18. The summed E-state index contributed by atoms with van der Waals surface area (Å²) in [4.78, 5) is 4.17. The Kier molecular flexibility index (Phi) is 2.35. The van der Waals surface area contributed by atoms with Crippen LogP contribution < -0.4 is 0 Å². The number of hydrogen-bond donors (Lipinski definition) is 0. The molecular weight excluding hydrogens is 174 g/mol. The van der Waals surface area contributed by atoms with Crippen LogP contribution in [0.5, 0.6) is 0 Å². The molecule has 0 aliphatic rings. The molecule has 0 spiro atoms. The largest absolute Gasteiger partial charge is 0.446 e. The quantitative estimate of drug-likeness (QED) is 0.722. The van der Waals surface area contributed by atoms with Crippen molar-refractivity contribution in [3.05, 3.63) is 53.2 Å². The van der Waals surface area contributed by atoms with E-state index in [4.69, 9.17) is 4.42 Å². The van der Waals surface area contributed by atoms with Crippen molar-refractivity contribution in [2.75, 3.05) is 0 Å². The highest BCUT2D eigenvalue weighted by molar-refractivity contribution is 5.24. The molecule has 0 amide bonds. The van der Waals surface area contributed by atoms with Crippen molar-refractivity contribution < 1.29 is 4.42 Å². The van der Waals surface area contributed by atoms with Gasteiger partial charge in [0.15, 0.2) is 5.89 Å². The van der Waals surface area contributed by atoms with Gasteiger partial charge in [-0.3, -0.25) is 0 Å². The van der Waals surface area contributed by atoms with E-state index in [2.05, 4.69) is 36.2 Å². The molecule has 0 saturated carbocycles. The van der Waals surface area contributed by atoms with E-state index < -0.39 is 0 Å². The van der Waals surface area contributed by atoms with Gasteiger partial charge in [0.05, 0.1) is 6.20 Å². The van der Waals surface area contributed by atoms with E-state index in [0.717, 1.165) is 18.1 Å². The third kappa shape index (κ3) is 2.02. The molecular formula is C12H13NO. The fourth-order valence-electron chi connectivity index (χ4n) is 1.48. The van der Waals surface area contributed by atoms with Gasteiger partial charge in [0.1, 0.15) is 5.76 Å². The maximum atomic E-state index is 5.42. The maximum absolute atomic E-state index is 5.42. The fraction of sp³-hybridized carbons (Fsp3) is 0.250. The summed E-state index contributed by atoms with van der Waals surface area (Å²) in [6.07, 6.45) is 2.53. The van der Waals surface area contributed by atoms with Crippen LogP contribution in [0, 0.1) is 13.8 Å². The van der Waals surface area contributed by atoms with Gasteiger partial charge in [-0.05, 0) is 19.4 Å². The van der Waals surface area contributed by atoms with Crippen LogP contribution in [0.1, 0.15) is 22.8 Å². The molecule has 0 unspecified atom stereocenters. The zero-order valence-electron chi connectivity index (χ0n) is 8.45. The van der Waals surface area contributed by atoms with Gasteiger partial charge in [0.25, 0.3) is 0 Å². The molecule has 2 aromatic rings. The average molecular weight is 187 g/mol. The SMILES string of the molecule is Cc1cccc(Cc2ncc(C)o2)c1.